The quantitative estimate of drug-likeness (QED) is 0.891. The lowest BCUT2D eigenvalue weighted by Gasteiger charge is -2.16. The Morgan fingerprint density at radius 2 is 1.95 bits per heavy atom. The van der Waals surface area contributed by atoms with Crippen molar-refractivity contribution in [1.82, 2.24) is 10.3 Å². The van der Waals surface area contributed by atoms with E-state index in [2.05, 4.69) is 36.3 Å². The van der Waals surface area contributed by atoms with Crippen LogP contribution in [0, 0.1) is 6.92 Å². The van der Waals surface area contributed by atoms with Gasteiger partial charge >= 0.3 is 0 Å². The van der Waals surface area contributed by atoms with Gasteiger partial charge in [0.05, 0.1) is 7.11 Å². The topological polar surface area (TPSA) is 34.1 Å². The summed E-state index contributed by atoms with van der Waals surface area (Å²) in [4.78, 5) is 4.04. The van der Waals surface area contributed by atoms with Crippen molar-refractivity contribution in [1.29, 1.82) is 0 Å². The standard InChI is InChI=1S/C16H20N2O/c1-12-4-5-16(19-3)15(10-12)11-18-13(2)14-6-8-17-9-7-14/h4-10,13,18H,11H2,1-3H3. The van der Waals surface area contributed by atoms with Gasteiger partial charge in [-0.1, -0.05) is 17.7 Å². The lowest BCUT2D eigenvalue weighted by Crippen LogP contribution is -2.18. The molecule has 3 nitrogen and oxygen atoms in total. The van der Waals surface area contributed by atoms with Gasteiger partial charge in [-0.05, 0) is 37.6 Å². The molecule has 100 valence electrons. The Balaban J connectivity index is 2.04. The highest BCUT2D eigenvalue weighted by molar-refractivity contribution is 5.36. The van der Waals surface area contributed by atoms with Gasteiger partial charge in [-0.2, -0.15) is 0 Å². The third kappa shape index (κ3) is 3.55. The van der Waals surface area contributed by atoms with Crippen LogP contribution in [0.25, 0.3) is 0 Å². The van der Waals surface area contributed by atoms with Crippen LogP contribution < -0.4 is 10.1 Å². The molecule has 0 aliphatic heterocycles. The van der Waals surface area contributed by atoms with E-state index >= 15 is 0 Å². The van der Waals surface area contributed by atoms with Crippen LogP contribution >= 0.6 is 0 Å². The minimum Gasteiger partial charge on any atom is -0.496 e. The summed E-state index contributed by atoms with van der Waals surface area (Å²) in [6, 6.07) is 10.6. The van der Waals surface area contributed by atoms with Crippen LogP contribution in [0.15, 0.2) is 42.7 Å². The Hall–Kier alpha value is -1.87. The first kappa shape index (κ1) is 13.6. The number of pyridine rings is 1. The summed E-state index contributed by atoms with van der Waals surface area (Å²) in [6.45, 7) is 5.03. The number of benzene rings is 1. The molecule has 0 fully saturated rings. The molecule has 1 N–H and O–H groups in total. The third-order valence-corrected chi connectivity index (χ3v) is 3.24. The molecule has 0 bridgehead atoms. The number of nitrogens with one attached hydrogen (secondary N) is 1. The number of aromatic nitrogens is 1. The molecule has 1 aromatic carbocycles. The summed E-state index contributed by atoms with van der Waals surface area (Å²) < 4.78 is 5.39. The van der Waals surface area contributed by atoms with Crippen LogP contribution in [0.3, 0.4) is 0 Å². The average Bonchev–Trinajstić information content (AvgIpc) is 2.46. The fraction of sp³-hybridized carbons (Fsp3) is 0.312. The molecule has 0 amide bonds. The van der Waals surface area contributed by atoms with E-state index in [1.165, 1.54) is 16.7 Å². The SMILES string of the molecule is COc1ccc(C)cc1CNC(C)c1ccncc1. The Morgan fingerprint density at radius 3 is 2.63 bits per heavy atom. The number of ether oxygens (including phenoxy) is 1. The summed E-state index contributed by atoms with van der Waals surface area (Å²) in [5.41, 5.74) is 3.67. The Morgan fingerprint density at radius 1 is 1.21 bits per heavy atom. The van der Waals surface area contributed by atoms with E-state index < -0.39 is 0 Å². The van der Waals surface area contributed by atoms with E-state index in [1.807, 2.05) is 30.6 Å². The van der Waals surface area contributed by atoms with E-state index in [0.29, 0.717) is 0 Å². The predicted octanol–water partition coefficient (Wildman–Crippen LogP) is 3.25. The summed E-state index contributed by atoms with van der Waals surface area (Å²) in [6.07, 6.45) is 3.64. The molecule has 1 aromatic heterocycles. The van der Waals surface area contributed by atoms with E-state index in [9.17, 15) is 0 Å². The maximum absolute atomic E-state index is 5.39. The lowest BCUT2D eigenvalue weighted by atomic mass is 10.1. The molecule has 0 aliphatic carbocycles. The smallest absolute Gasteiger partial charge is 0.123 e. The number of nitrogens with zero attached hydrogens (tertiary/aromatic N) is 1. The molecule has 2 rings (SSSR count). The van der Waals surface area contributed by atoms with Crippen molar-refractivity contribution in [3.8, 4) is 5.75 Å². The monoisotopic (exact) mass is 256 g/mol. The number of rotatable bonds is 5. The molecule has 19 heavy (non-hydrogen) atoms. The largest absolute Gasteiger partial charge is 0.496 e. The average molecular weight is 256 g/mol. The van der Waals surface area contributed by atoms with Gasteiger partial charge in [-0.25, -0.2) is 0 Å². The molecular formula is C16H20N2O. The van der Waals surface area contributed by atoms with Crippen molar-refractivity contribution in [2.75, 3.05) is 7.11 Å². The van der Waals surface area contributed by atoms with E-state index in [-0.39, 0.29) is 6.04 Å². The maximum Gasteiger partial charge on any atom is 0.123 e. The minimum atomic E-state index is 0.285. The molecule has 1 atom stereocenters. The summed E-state index contributed by atoms with van der Waals surface area (Å²) in [5.74, 6) is 0.931. The first-order valence-electron chi connectivity index (χ1n) is 6.47. The Bertz CT molecular complexity index is 526. The van der Waals surface area contributed by atoms with Crippen LogP contribution in [-0.4, -0.2) is 12.1 Å². The number of aryl methyl sites for hydroxylation is 1. The first-order valence-corrected chi connectivity index (χ1v) is 6.47. The normalized spacial score (nSPS) is 12.2. The fourth-order valence-corrected chi connectivity index (χ4v) is 2.08. The molecule has 1 heterocycles. The van der Waals surface area contributed by atoms with Crippen molar-refractivity contribution in [3.05, 3.63) is 59.4 Å². The van der Waals surface area contributed by atoms with Gasteiger partial charge in [-0.15, -0.1) is 0 Å². The van der Waals surface area contributed by atoms with E-state index in [1.54, 1.807) is 7.11 Å². The van der Waals surface area contributed by atoms with Crippen molar-refractivity contribution < 1.29 is 4.74 Å². The van der Waals surface area contributed by atoms with Crippen molar-refractivity contribution >= 4 is 0 Å². The highest BCUT2D eigenvalue weighted by atomic mass is 16.5. The second-order valence-electron chi connectivity index (χ2n) is 4.70. The second-order valence-corrected chi connectivity index (χ2v) is 4.70. The van der Waals surface area contributed by atoms with Crippen molar-refractivity contribution in [2.45, 2.75) is 26.4 Å². The highest BCUT2D eigenvalue weighted by Gasteiger charge is 2.07. The van der Waals surface area contributed by atoms with E-state index in [0.717, 1.165) is 12.3 Å². The molecule has 0 aliphatic rings. The van der Waals surface area contributed by atoms with Gasteiger partial charge in [0, 0.05) is 30.5 Å². The van der Waals surface area contributed by atoms with Gasteiger partial charge in [-0.3, -0.25) is 4.98 Å². The first-order chi connectivity index (χ1) is 9.20. The van der Waals surface area contributed by atoms with Crippen molar-refractivity contribution in [3.63, 3.8) is 0 Å². The fourth-order valence-electron chi connectivity index (χ4n) is 2.08. The molecule has 3 heteroatoms. The Kier molecular flexibility index (Phi) is 4.53. The molecule has 2 aromatic rings. The summed E-state index contributed by atoms with van der Waals surface area (Å²) in [7, 11) is 1.71. The summed E-state index contributed by atoms with van der Waals surface area (Å²) in [5, 5.41) is 3.51. The number of hydrogen-bond acceptors (Lipinski definition) is 3. The maximum atomic E-state index is 5.39. The lowest BCUT2D eigenvalue weighted by molar-refractivity contribution is 0.406. The molecule has 0 saturated heterocycles. The van der Waals surface area contributed by atoms with Gasteiger partial charge in [0.2, 0.25) is 0 Å². The van der Waals surface area contributed by atoms with Gasteiger partial charge in [0.15, 0.2) is 0 Å². The van der Waals surface area contributed by atoms with Crippen LogP contribution in [0.4, 0.5) is 0 Å². The number of hydrogen-bond donors (Lipinski definition) is 1. The summed E-state index contributed by atoms with van der Waals surface area (Å²) >= 11 is 0. The minimum absolute atomic E-state index is 0.285. The Labute approximate surface area is 114 Å². The predicted molar refractivity (Wildman–Crippen MR) is 77.2 cm³/mol. The van der Waals surface area contributed by atoms with Gasteiger partial charge in [0.25, 0.3) is 0 Å². The zero-order valence-corrected chi connectivity index (χ0v) is 11.7. The van der Waals surface area contributed by atoms with E-state index in [4.69, 9.17) is 4.74 Å². The van der Waals surface area contributed by atoms with Gasteiger partial charge in [0.1, 0.15) is 5.75 Å². The van der Waals surface area contributed by atoms with Crippen molar-refractivity contribution in [2.24, 2.45) is 0 Å². The molecular weight excluding hydrogens is 236 g/mol. The highest BCUT2D eigenvalue weighted by Crippen LogP contribution is 2.20. The van der Waals surface area contributed by atoms with Crippen LogP contribution in [0.2, 0.25) is 0 Å². The van der Waals surface area contributed by atoms with Crippen LogP contribution in [0.5, 0.6) is 5.75 Å². The molecule has 0 radical (unpaired) electrons. The van der Waals surface area contributed by atoms with Gasteiger partial charge < -0.3 is 10.1 Å². The zero-order chi connectivity index (χ0) is 13.7. The molecule has 0 saturated carbocycles. The van der Waals surface area contributed by atoms with Crippen LogP contribution in [-0.2, 0) is 6.54 Å². The second kappa shape index (κ2) is 6.34. The van der Waals surface area contributed by atoms with Crippen LogP contribution in [0.1, 0.15) is 29.7 Å². The zero-order valence-electron chi connectivity index (χ0n) is 11.7. The third-order valence-electron chi connectivity index (χ3n) is 3.24. The molecule has 1 unspecified atom stereocenters. The number of methoxy groups -OCH3 is 1. The molecule has 0 spiro atoms.